The summed E-state index contributed by atoms with van der Waals surface area (Å²) in [6, 6.07) is 6.55. The maximum atomic E-state index is 6.21. The monoisotopic (exact) mass is 287 g/mol. The summed E-state index contributed by atoms with van der Waals surface area (Å²) in [5.74, 6) is 1.44. The normalized spacial score (nSPS) is 19.0. The summed E-state index contributed by atoms with van der Waals surface area (Å²) in [6.45, 7) is 7.34. The number of hydrogen-bond donors (Lipinski definition) is 1. The van der Waals surface area contributed by atoms with Crippen LogP contribution in [0.3, 0.4) is 0 Å². The first kappa shape index (κ1) is 14.2. The van der Waals surface area contributed by atoms with Gasteiger partial charge >= 0.3 is 0 Å². The van der Waals surface area contributed by atoms with Crippen molar-refractivity contribution in [3.8, 4) is 5.75 Å². The number of fused-ring (bicyclic) bond motifs is 1. The minimum atomic E-state index is 0.456. The quantitative estimate of drug-likeness (QED) is 0.922. The van der Waals surface area contributed by atoms with Gasteiger partial charge in [0.25, 0.3) is 0 Å². The average molecular weight is 287 g/mol. The van der Waals surface area contributed by atoms with Crippen LogP contribution in [0.1, 0.15) is 52.5 Å². The molecule has 0 saturated heterocycles. The molecule has 1 aliphatic carbocycles. The zero-order valence-corrected chi connectivity index (χ0v) is 13.2. The maximum Gasteiger partial charge on any atom is 0.201 e. The van der Waals surface area contributed by atoms with Gasteiger partial charge in [-0.05, 0) is 50.2 Å². The number of nitrogens with two attached hydrogens (primary N) is 1. The lowest BCUT2D eigenvalue weighted by Gasteiger charge is -2.35. The van der Waals surface area contributed by atoms with Crippen LogP contribution in [0, 0.1) is 5.41 Å². The van der Waals surface area contributed by atoms with Crippen LogP contribution >= 0.6 is 0 Å². The van der Waals surface area contributed by atoms with Crippen LogP contribution in [-0.4, -0.2) is 16.2 Å². The Morgan fingerprint density at radius 3 is 2.71 bits per heavy atom. The number of imidazole rings is 1. The van der Waals surface area contributed by atoms with Gasteiger partial charge in [0.15, 0.2) is 0 Å². The van der Waals surface area contributed by atoms with Gasteiger partial charge in [-0.15, -0.1) is 0 Å². The van der Waals surface area contributed by atoms with Crippen molar-refractivity contribution >= 4 is 17.0 Å². The second-order valence-electron chi connectivity index (χ2n) is 6.79. The van der Waals surface area contributed by atoms with E-state index in [1.807, 2.05) is 19.1 Å². The second-order valence-corrected chi connectivity index (χ2v) is 6.79. The fourth-order valence-corrected chi connectivity index (χ4v) is 3.41. The van der Waals surface area contributed by atoms with Crippen molar-refractivity contribution in [1.29, 1.82) is 0 Å². The van der Waals surface area contributed by atoms with Crippen molar-refractivity contribution in [1.82, 2.24) is 9.55 Å². The summed E-state index contributed by atoms with van der Waals surface area (Å²) in [5, 5.41) is 0. The average Bonchev–Trinajstić information content (AvgIpc) is 2.77. The molecule has 2 N–H and O–H groups in total. The highest BCUT2D eigenvalue weighted by molar-refractivity contribution is 5.84. The van der Waals surface area contributed by atoms with E-state index in [4.69, 9.17) is 10.5 Å². The van der Waals surface area contributed by atoms with Gasteiger partial charge in [-0.3, -0.25) is 0 Å². The fourth-order valence-electron chi connectivity index (χ4n) is 3.41. The Morgan fingerprint density at radius 2 is 2.05 bits per heavy atom. The molecule has 3 rings (SSSR count). The molecule has 114 valence electrons. The van der Waals surface area contributed by atoms with E-state index in [1.54, 1.807) is 0 Å². The molecule has 1 heterocycles. The molecule has 0 amide bonds. The summed E-state index contributed by atoms with van der Waals surface area (Å²) in [6.07, 6.45) is 4.81. The van der Waals surface area contributed by atoms with Gasteiger partial charge in [0.2, 0.25) is 5.95 Å². The zero-order valence-electron chi connectivity index (χ0n) is 13.2. The third-order valence-corrected chi connectivity index (χ3v) is 4.68. The van der Waals surface area contributed by atoms with E-state index in [0.717, 1.165) is 16.8 Å². The van der Waals surface area contributed by atoms with Crippen LogP contribution in [-0.2, 0) is 0 Å². The molecule has 1 saturated carbocycles. The number of rotatable bonds is 3. The molecule has 0 bridgehead atoms. The SMILES string of the molecule is CCOc1cccc2c1nc(N)n2C1CCC(C)(C)CC1. The van der Waals surface area contributed by atoms with E-state index in [-0.39, 0.29) is 0 Å². The van der Waals surface area contributed by atoms with Crippen molar-refractivity contribution in [2.75, 3.05) is 12.3 Å². The molecule has 0 atom stereocenters. The van der Waals surface area contributed by atoms with Gasteiger partial charge in [0, 0.05) is 6.04 Å². The summed E-state index contributed by atoms with van der Waals surface area (Å²) < 4.78 is 7.89. The van der Waals surface area contributed by atoms with E-state index in [2.05, 4.69) is 29.5 Å². The van der Waals surface area contributed by atoms with Crippen molar-refractivity contribution in [3.05, 3.63) is 18.2 Å². The van der Waals surface area contributed by atoms with E-state index in [1.165, 1.54) is 25.7 Å². The number of para-hydroxylation sites is 1. The van der Waals surface area contributed by atoms with Crippen LogP contribution in [0.2, 0.25) is 0 Å². The van der Waals surface area contributed by atoms with E-state index < -0.39 is 0 Å². The molecular formula is C17H25N3O. The Balaban J connectivity index is 1.99. The highest BCUT2D eigenvalue weighted by Crippen LogP contribution is 2.42. The summed E-state index contributed by atoms with van der Waals surface area (Å²) >= 11 is 0. The van der Waals surface area contributed by atoms with E-state index >= 15 is 0 Å². The molecule has 1 aromatic carbocycles. The van der Waals surface area contributed by atoms with Crippen LogP contribution in [0.15, 0.2) is 18.2 Å². The minimum absolute atomic E-state index is 0.456. The molecule has 0 unspecified atom stereocenters. The van der Waals surface area contributed by atoms with Gasteiger partial charge in [-0.25, -0.2) is 4.98 Å². The van der Waals surface area contributed by atoms with E-state index in [9.17, 15) is 0 Å². The van der Waals surface area contributed by atoms with Crippen molar-refractivity contribution < 1.29 is 4.74 Å². The van der Waals surface area contributed by atoms with Gasteiger partial charge in [0.05, 0.1) is 12.1 Å². The van der Waals surface area contributed by atoms with Gasteiger partial charge < -0.3 is 15.0 Å². The van der Waals surface area contributed by atoms with Crippen molar-refractivity contribution in [3.63, 3.8) is 0 Å². The van der Waals surface area contributed by atoms with E-state index in [0.29, 0.717) is 24.0 Å². The Hall–Kier alpha value is -1.71. The van der Waals surface area contributed by atoms with Crippen molar-refractivity contribution in [2.24, 2.45) is 5.41 Å². The number of nitrogens with zero attached hydrogens (tertiary/aromatic N) is 2. The lowest BCUT2D eigenvalue weighted by molar-refractivity contribution is 0.197. The maximum absolute atomic E-state index is 6.21. The Kier molecular flexibility index (Phi) is 3.56. The predicted molar refractivity (Wildman–Crippen MR) is 86.6 cm³/mol. The third-order valence-electron chi connectivity index (χ3n) is 4.68. The molecule has 1 fully saturated rings. The number of ether oxygens (including phenoxy) is 1. The molecule has 0 spiro atoms. The van der Waals surface area contributed by atoms with Crippen LogP contribution in [0.25, 0.3) is 11.0 Å². The number of anilines is 1. The molecule has 0 aliphatic heterocycles. The number of nitrogen functional groups attached to an aromatic ring is 1. The third kappa shape index (κ3) is 2.59. The standard InChI is InChI=1S/C17H25N3O/c1-4-21-14-7-5-6-13-15(14)19-16(18)20(13)12-8-10-17(2,3)11-9-12/h5-7,12H,4,8-11H2,1-3H3,(H2,18,19). The topological polar surface area (TPSA) is 53.1 Å². The first-order valence-corrected chi connectivity index (χ1v) is 7.91. The molecule has 0 radical (unpaired) electrons. The lowest BCUT2D eigenvalue weighted by Crippen LogP contribution is -2.24. The highest BCUT2D eigenvalue weighted by Gasteiger charge is 2.29. The minimum Gasteiger partial charge on any atom is -0.492 e. The largest absolute Gasteiger partial charge is 0.492 e. The number of benzene rings is 1. The summed E-state index contributed by atoms with van der Waals surface area (Å²) in [4.78, 5) is 4.56. The Labute approximate surface area is 126 Å². The number of hydrogen-bond acceptors (Lipinski definition) is 3. The smallest absolute Gasteiger partial charge is 0.201 e. The van der Waals surface area contributed by atoms with Crippen LogP contribution in [0.5, 0.6) is 5.75 Å². The lowest BCUT2D eigenvalue weighted by atomic mass is 9.75. The van der Waals surface area contributed by atoms with Gasteiger partial charge in [-0.2, -0.15) is 0 Å². The Bertz CT molecular complexity index is 635. The molecule has 1 aliphatic rings. The van der Waals surface area contributed by atoms with Crippen LogP contribution < -0.4 is 10.5 Å². The zero-order chi connectivity index (χ0) is 15.0. The van der Waals surface area contributed by atoms with Gasteiger partial charge in [-0.1, -0.05) is 19.9 Å². The molecule has 1 aromatic heterocycles. The fraction of sp³-hybridized carbons (Fsp3) is 0.588. The van der Waals surface area contributed by atoms with Crippen molar-refractivity contribution in [2.45, 2.75) is 52.5 Å². The second kappa shape index (κ2) is 5.24. The highest BCUT2D eigenvalue weighted by atomic mass is 16.5. The molecular weight excluding hydrogens is 262 g/mol. The molecule has 21 heavy (non-hydrogen) atoms. The predicted octanol–water partition coefficient (Wildman–Crippen LogP) is 4.16. The molecule has 2 aromatic rings. The number of aromatic nitrogens is 2. The first-order valence-electron chi connectivity index (χ1n) is 7.91. The first-order chi connectivity index (χ1) is 10.0. The van der Waals surface area contributed by atoms with Crippen LogP contribution in [0.4, 0.5) is 5.95 Å². The Morgan fingerprint density at radius 1 is 1.33 bits per heavy atom. The summed E-state index contributed by atoms with van der Waals surface area (Å²) in [5.41, 5.74) is 8.66. The molecule has 4 heteroatoms. The molecule has 4 nitrogen and oxygen atoms in total. The van der Waals surface area contributed by atoms with Gasteiger partial charge in [0.1, 0.15) is 11.3 Å². The summed E-state index contributed by atoms with van der Waals surface area (Å²) in [7, 11) is 0.